The van der Waals surface area contributed by atoms with E-state index in [9.17, 15) is 4.79 Å². The topological polar surface area (TPSA) is 84.2 Å². The Morgan fingerprint density at radius 3 is 2.54 bits per heavy atom. The lowest BCUT2D eigenvalue weighted by molar-refractivity contribution is -0.126. The largest absolute Gasteiger partial charge is 0.332 e. The third-order valence-electron chi connectivity index (χ3n) is 3.67. The van der Waals surface area contributed by atoms with Crippen molar-refractivity contribution in [3.8, 4) is 10.6 Å². The number of aryl methyl sites for hydroxylation is 1. The highest BCUT2D eigenvalue weighted by atomic mass is 32.1. The summed E-state index contributed by atoms with van der Waals surface area (Å²) in [6.07, 6.45) is 0.783. The van der Waals surface area contributed by atoms with Crippen molar-refractivity contribution in [3.63, 3.8) is 0 Å². The van der Waals surface area contributed by atoms with E-state index in [4.69, 9.17) is 12.2 Å². The van der Waals surface area contributed by atoms with Crippen molar-refractivity contribution in [2.45, 2.75) is 34.1 Å². The second kappa shape index (κ2) is 7.08. The van der Waals surface area contributed by atoms with Crippen LogP contribution in [0.4, 0.5) is 5.69 Å². The molecule has 136 valence electrons. The zero-order chi connectivity index (χ0) is 18.9. The van der Waals surface area contributed by atoms with Gasteiger partial charge in [0.25, 0.3) is 0 Å². The fourth-order valence-electron chi connectivity index (χ4n) is 2.14. The minimum absolute atomic E-state index is 0.127. The van der Waals surface area contributed by atoms with Gasteiger partial charge in [0.15, 0.2) is 10.9 Å². The fraction of sp³-hybridized carbons (Fsp3) is 0.353. The average molecular weight is 389 g/mol. The Labute approximate surface area is 160 Å². The van der Waals surface area contributed by atoms with E-state index in [1.54, 1.807) is 4.52 Å². The number of nitrogens with zero attached hydrogens (tertiary/aromatic N) is 4. The Morgan fingerprint density at radius 1 is 1.23 bits per heavy atom. The van der Waals surface area contributed by atoms with E-state index in [-0.39, 0.29) is 11.0 Å². The van der Waals surface area contributed by atoms with E-state index in [1.807, 2.05) is 52.0 Å². The Bertz CT molecular complexity index is 952. The highest BCUT2D eigenvalue weighted by Gasteiger charge is 2.22. The number of hydrogen-bond acceptors (Lipinski definition) is 6. The van der Waals surface area contributed by atoms with Crippen LogP contribution in [0.25, 0.3) is 15.5 Å². The zero-order valence-corrected chi connectivity index (χ0v) is 16.7. The van der Waals surface area contributed by atoms with Crippen molar-refractivity contribution in [1.82, 2.24) is 25.1 Å². The maximum absolute atomic E-state index is 12.0. The molecule has 1 amide bonds. The van der Waals surface area contributed by atoms with Gasteiger partial charge in [-0.05, 0) is 36.5 Å². The van der Waals surface area contributed by atoms with Gasteiger partial charge in [0.1, 0.15) is 5.01 Å². The third-order valence-corrected chi connectivity index (χ3v) is 4.82. The molecule has 2 heterocycles. The molecule has 0 aliphatic carbocycles. The quantitative estimate of drug-likeness (QED) is 0.670. The van der Waals surface area contributed by atoms with Crippen LogP contribution in [0.15, 0.2) is 24.3 Å². The number of carbonyl (C=O) groups excluding carboxylic acids is 1. The predicted molar refractivity (Wildman–Crippen MR) is 107 cm³/mol. The predicted octanol–water partition coefficient (Wildman–Crippen LogP) is 3.27. The van der Waals surface area contributed by atoms with Crippen LogP contribution < -0.4 is 10.6 Å². The van der Waals surface area contributed by atoms with Gasteiger partial charge < -0.3 is 10.6 Å². The van der Waals surface area contributed by atoms with Crippen LogP contribution in [-0.4, -0.2) is 30.8 Å². The van der Waals surface area contributed by atoms with E-state index in [1.165, 1.54) is 11.3 Å². The maximum Gasteiger partial charge on any atom is 0.234 e. The number of anilines is 1. The zero-order valence-electron chi connectivity index (χ0n) is 15.0. The summed E-state index contributed by atoms with van der Waals surface area (Å²) in [5.74, 6) is 0.721. The lowest BCUT2D eigenvalue weighted by Crippen LogP contribution is -2.41. The Hall–Kier alpha value is -2.39. The van der Waals surface area contributed by atoms with Gasteiger partial charge in [-0.25, -0.2) is 0 Å². The first-order valence-electron chi connectivity index (χ1n) is 8.22. The van der Waals surface area contributed by atoms with Crippen molar-refractivity contribution in [1.29, 1.82) is 0 Å². The Morgan fingerprint density at radius 2 is 1.92 bits per heavy atom. The smallest absolute Gasteiger partial charge is 0.234 e. The Kier molecular flexibility index (Phi) is 5.01. The molecule has 0 bridgehead atoms. The highest BCUT2D eigenvalue weighted by molar-refractivity contribution is 7.80. The summed E-state index contributed by atoms with van der Waals surface area (Å²) in [7, 11) is 0. The molecule has 3 aromatic rings. The lowest BCUT2D eigenvalue weighted by Gasteiger charge is -2.18. The lowest BCUT2D eigenvalue weighted by atomic mass is 9.96. The molecule has 3 rings (SSSR count). The number of fused-ring (bicyclic) bond motifs is 1. The molecule has 7 nitrogen and oxygen atoms in total. The van der Waals surface area contributed by atoms with Crippen molar-refractivity contribution in [3.05, 3.63) is 30.1 Å². The Balaban J connectivity index is 1.70. The molecule has 0 spiro atoms. The first-order chi connectivity index (χ1) is 12.3. The molecule has 0 atom stereocenters. The van der Waals surface area contributed by atoms with Crippen LogP contribution in [-0.2, 0) is 11.2 Å². The van der Waals surface area contributed by atoms with E-state index in [0.29, 0.717) is 0 Å². The van der Waals surface area contributed by atoms with Crippen molar-refractivity contribution >= 4 is 45.2 Å². The highest BCUT2D eigenvalue weighted by Crippen LogP contribution is 2.26. The van der Waals surface area contributed by atoms with Crippen LogP contribution >= 0.6 is 23.6 Å². The summed E-state index contributed by atoms with van der Waals surface area (Å²) >= 11 is 6.69. The first-order valence-corrected chi connectivity index (χ1v) is 9.44. The van der Waals surface area contributed by atoms with Gasteiger partial charge in [0.05, 0.1) is 0 Å². The molecule has 0 unspecified atom stereocenters. The molecular weight excluding hydrogens is 368 g/mol. The van der Waals surface area contributed by atoms with E-state index in [2.05, 4.69) is 25.9 Å². The first kappa shape index (κ1) is 18.4. The molecule has 2 aromatic heterocycles. The fourth-order valence-corrected chi connectivity index (χ4v) is 3.22. The molecule has 26 heavy (non-hydrogen) atoms. The van der Waals surface area contributed by atoms with E-state index in [0.717, 1.165) is 33.5 Å². The van der Waals surface area contributed by atoms with Crippen molar-refractivity contribution < 1.29 is 4.79 Å². The maximum atomic E-state index is 12.0. The minimum Gasteiger partial charge on any atom is -0.332 e. The van der Waals surface area contributed by atoms with Crippen molar-refractivity contribution in [2.75, 3.05) is 5.32 Å². The van der Waals surface area contributed by atoms with Gasteiger partial charge in [-0.2, -0.15) is 9.61 Å². The van der Waals surface area contributed by atoms with Gasteiger partial charge in [-0.15, -0.1) is 10.2 Å². The molecular formula is C17H20N6OS2. The second-order valence-corrected chi connectivity index (χ2v) is 8.17. The van der Waals surface area contributed by atoms with Crippen LogP contribution in [0, 0.1) is 5.41 Å². The normalized spacial score (nSPS) is 11.5. The number of rotatable bonds is 3. The molecule has 0 aliphatic heterocycles. The number of benzene rings is 1. The van der Waals surface area contributed by atoms with Gasteiger partial charge in [-0.3, -0.25) is 4.79 Å². The summed E-state index contributed by atoms with van der Waals surface area (Å²) in [5.41, 5.74) is 1.28. The summed E-state index contributed by atoms with van der Waals surface area (Å²) in [5, 5.41) is 19.7. The molecule has 0 aliphatic rings. The number of carbonyl (C=O) groups is 1. The summed E-state index contributed by atoms with van der Waals surface area (Å²) in [4.78, 5) is 12.7. The van der Waals surface area contributed by atoms with E-state index >= 15 is 0 Å². The number of aromatic nitrogens is 4. The summed E-state index contributed by atoms with van der Waals surface area (Å²) in [6.45, 7) is 7.54. The van der Waals surface area contributed by atoms with Crippen LogP contribution in [0.3, 0.4) is 0 Å². The molecule has 0 saturated carbocycles. The number of hydrogen-bond donors (Lipinski definition) is 2. The van der Waals surface area contributed by atoms with Crippen LogP contribution in [0.2, 0.25) is 0 Å². The SMILES string of the molecule is CCc1nnc2sc(-c3ccc(NC(=S)NC(=O)C(C)(C)C)cc3)nn12. The van der Waals surface area contributed by atoms with Crippen LogP contribution in [0.5, 0.6) is 0 Å². The van der Waals surface area contributed by atoms with Gasteiger partial charge in [0.2, 0.25) is 10.9 Å². The standard InChI is InChI=1S/C17H20N6OS2/c1-5-12-20-21-16-23(12)22-13(26-16)10-6-8-11(9-7-10)18-15(25)19-14(24)17(2,3)4/h6-9H,5H2,1-4H3,(H2,18,19,24,25). The average Bonchev–Trinajstić information content (AvgIpc) is 3.14. The molecule has 0 fully saturated rings. The number of nitrogens with one attached hydrogen (secondary N) is 2. The second-order valence-electron chi connectivity index (χ2n) is 6.81. The number of amides is 1. The van der Waals surface area contributed by atoms with Gasteiger partial charge >= 0.3 is 0 Å². The number of thiocarbonyl (C=S) groups is 1. The monoisotopic (exact) mass is 388 g/mol. The molecule has 0 radical (unpaired) electrons. The summed E-state index contributed by atoms with van der Waals surface area (Å²) < 4.78 is 1.78. The van der Waals surface area contributed by atoms with Crippen LogP contribution in [0.1, 0.15) is 33.5 Å². The summed E-state index contributed by atoms with van der Waals surface area (Å²) in [6, 6.07) is 7.70. The third kappa shape index (κ3) is 3.88. The molecule has 2 N–H and O–H groups in total. The molecule has 9 heteroatoms. The van der Waals surface area contributed by atoms with Crippen molar-refractivity contribution in [2.24, 2.45) is 5.41 Å². The van der Waals surface area contributed by atoms with Gasteiger partial charge in [-0.1, -0.05) is 39.0 Å². The molecule has 1 aromatic carbocycles. The van der Waals surface area contributed by atoms with E-state index < -0.39 is 5.41 Å². The van der Waals surface area contributed by atoms with Gasteiger partial charge in [0, 0.05) is 23.1 Å². The minimum atomic E-state index is -0.496. The molecule has 0 saturated heterocycles.